The van der Waals surface area contributed by atoms with E-state index in [-0.39, 0.29) is 5.54 Å². The van der Waals surface area contributed by atoms with Crippen molar-refractivity contribution in [2.75, 3.05) is 37.6 Å². The second kappa shape index (κ2) is 5.11. The minimum Gasteiger partial charge on any atom is -0.381 e. The Morgan fingerprint density at radius 1 is 1.22 bits per heavy atom. The molecule has 3 rings (SSSR count). The van der Waals surface area contributed by atoms with Crippen LogP contribution >= 0.6 is 11.8 Å². The summed E-state index contributed by atoms with van der Waals surface area (Å²) in [6.45, 7) is 3.85. The maximum Gasteiger partial charge on any atom is 0.0687 e. The molecule has 4 heteroatoms. The Bertz CT molecular complexity index is 401. The van der Waals surface area contributed by atoms with Gasteiger partial charge in [0.2, 0.25) is 0 Å². The van der Waals surface area contributed by atoms with E-state index in [9.17, 15) is 0 Å². The van der Waals surface area contributed by atoms with E-state index in [0.717, 1.165) is 39.3 Å². The van der Waals surface area contributed by atoms with Crippen LogP contribution in [0, 0.1) is 0 Å². The van der Waals surface area contributed by atoms with Crippen LogP contribution in [0.1, 0.15) is 12.8 Å². The molecule has 2 aliphatic rings. The van der Waals surface area contributed by atoms with Crippen LogP contribution in [0.5, 0.6) is 0 Å². The number of hydrogen-bond acceptors (Lipinski definition) is 4. The predicted molar refractivity (Wildman–Crippen MR) is 76.4 cm³/mol. The Kier molecular flexibility index (Phi) is 3.50. The Morgan fingerprint density at radius 2 is 1.94 bits per heavy atom. The fraction of sp³-hybridized carbons (Fsp3) is 0.571. The molecule has 0 bridgehead atoms. The highest BCUT2D eigenvalue weighted by molar-refractivity contribution is 7.98. The summed E-state index contributed by atoms with van der Waals surface area (Å²) in [5.41, 5.74) is 1.61. The van der Waals surface area contributed by atoms with E-state index < -0.39 is 0 Å². The third-order valence-electron chi connectivity index (χ3n) is 4.03. The molecule has 2 saturated heterocycles. The summed E-state index contributed by atoms with van der Waals surface area (Å²) >= 11 is 1.79. The van der Waals surface area contributed by atoms with Gasteiger partial charge in [0, 0.05) is 35.9 Å². The Morgan fingerprint density at radius 3 is 2.61 bits per heavy atom. The van der Waals surface area contributed by atoms with E-state index in [2.05, 4.69) is 40.7 Å². The van der Waals surface area contributed by atoms with Crippen molar-refractivity contribution >= 4 is 17.4 Å². The molecule has 2 heterocycles. The van der Waals surface area contributed by atoms with Gasteiger partial charge in [-0.05, 0) is 43.4 Å². The molecular formula is C14H20N2OS. The fourth-order valence-electron chi connectivity index (χ4n) is 2.81. The van der Waals surface area contributed by atoms with Gasteiger partial charge in [0.15, 0.2) is 0 Å². The van der Waals surface area contributed by atoms with Gasteiger partial charge in [0.1, 0.15) is 0 Å². The first-order valence-electron chi connectivity index (χ1n) is 6.53. The smallest absolute Gasteiger partial charge is 0.0687 e. The summed E-state index contributed by atoms with van der Waals surface area (Å²) < 4.78 is 5.47. The molecule has 2 aliphatic heterocycles. The monoisotopic (exact) mass is 264 g/mol. The molecule has 1 aromatic carbocycles. The molecule has 3 nitrogen and oxygen atoms in total. The zero-order valence-corrected chi connectivity index (χ0v) is 11.6. The Labute approximate surface area is 113 Å². The van der Waals surface area contributed by atoms with Gasteiger partial charge in [-0.25, -0.2) is 0 Å². The molecule has 2 fully saturated rings. The number of hydrogen-bond donors (Lipinski definition) is 1. The third-order valence-corrected chi connectivity index (χ3v) is 4.77. The van der Waals surface area contributed by atoms with Gasteiger partial charge in [-0.1, -0.05) is 0 Å². The normalized spacial score (nSPS) is 22.6. The Balaban J connectivity index is 1.70. The van der Waals surface area contributed by atoms with E-state index in [4.69, 9.17) is 4.74 Å². The van der Waals surface area contributed by atoms with Crippen molar-refractivity contribution in [2.45, 2.75) is 23.3 Å². The molecule has 0 saturated carbocycles. The average molecular weight is 264 g/mol. The number of rotatable bonds is 2. The lowest BCUT2D eigenvalue weighted by atomic mass is 9.91. The predicted octanol–water partition coefficient (Wildman–Crippen LogP) is 2.32. The van der Waals surface area contributed by atoms with Crippen molar-refractivity contribution in [3.63, 3.8) is 0 Å². The highest BCUT2D eigenvalue weighted by Gasteiger charge is 2.38. The molecule has 1 N–H and O–H groups in total. The standard InChI is InChI=1S/C14H20N2OS/c1-18-13-4-2-12(3-5-13)16-10-14(15-11-16)6-8-17-9-7-14/h2-5,15H,6-11H2,1H3. The molecule has 0 unspecified atom stereocenters. The molecule has 98 valence electrons. The van der Waals surface area contributed by atoms with Crippen LogP contribution in [0.15, 0.2) is 29.2 Å². The lowest BCUT2D eigenvalue weighted by Crippen LogP contribution is -2.47. The van der Waals surface area contributed by atoms with Gasteiger partial charge in [0.05, 0.1) is 6.67 Å². The first kappa shape index (κ1) is 12.3. The molecule has 0 amide bonds. The summed E-state index contributed by atoms with van der Waals surface area (Å²) in [5, 5.41) is 3.69. The summed E-state index contributed by atoms with van der Waals surface area (Å²) in [6, 6.07) is 8.86. The van der Waals surface area contributed by atoms with Crippen LogP contribution in [-0.2, 0) is 4.74 Å². The van der Waals surface area contributed by atoms with E-state index >= 15 is 0 Å². The van der Waals surface area contributed by atoms with Gasteiger partial charge in [0.25, 0.3) is 0 Å². The molecular weight excluding hydrogens is 244 g/mol. The van der Waals surface area contributed by atoms with E-state index in [1.807, 2.05) is 0 Å². The largest absolute Gasteiger partial charge is 0.381 e. The SMILES string of the molecule is CSc1ccc(N2CNC3(CCOCC3)C2)cc1. The highest BCUT2D eigenvalue weighted by atomic mass is 32.2. The van der Waals surface area contributed by atoms with Crippen LogP contribution in [0.25, 0.3) is 0 Å². The molecule has 0 radical (unpaired) electrons. The molecule has 1 aromatic rings. The van der Waals surface area contributed by atoms with Gasteiger partial charge in [-0.3, -0.25) is 5.32 Å². The van der Waals surface area contributed by atoms with Gasteiger partial charge < -0.3 is 9.64 Å². The summed E-state index contributed by atoms with van der Waals surface area (Å²) in [7, 11) is 0. The molecule has 0 atom stereocenters. The summed E-state index contributed by atoms with van der Waals surface area (Å²) in [6.07, 6.45) is 4.38. The number of nitrogens with zero attached hydrogens (tertiary/aromatic N) is 1. The van der Waals surface area contributed by atoms with Crippen LogP contribution < -0.4 is 10.2 Å². The topological polar surface area (TPSA) is 24.5 Å². The van der Waals surface area contributed by atoms with Gasteiger partial charge >= 0.3 is 0 Å². The third kappa shape index (κ3) is 2.37. The van der Waals surface area contributed by atoms with Crippen molar-refractivity contribution < 1.29 is 4.74 Å². The number of benzene rings is 1. The number of ether oxygens (including phenoxy) is 1. The number of nitrogens with one attached hydrogen (secondary N) is 1. The van der Waals surface area contributed by atoms with Crippen molar-refractivity contribution in [1.82, 2.24) is 5.32 Å². The number of anilines is 1. The van der Waals surface area contributed by atoms with E-state index in [1.165, 1.54) is 10.6 Å². The average Bonchev–Trinajstić information content (AvgIpc) is 2.83. The van der Waals surface area contributed by atoms with Crippen molar-refractivity contribution in [3.05, 3.63) is 24.3 Å². The second-order valence-electron chi connectivity index (χ2n) is 5.12. The van der Waals surface area contributed by atoms with Gasteiger partial charge in [-0.15, -0.1) is 11.8 Å². The van der Waals surface area contributed by atoms with Crippen LogP contribution in [0.3, 0.4) is 0 Å². The van der Waals surface area contributed by atoms with Crippen molar-refractivity contribution in [3.8, 4) is 0 Å². The zero-order valence-electron chi connectivity index (χ0n) is 10.8. The van der Waals surface area contributed by atoms with Crippen LogP contribution in [0.2, 0.25) is 0 Å². The fourth-order valence-corrected chi connectivity index (χ4v) is 3.22. The van der Waals surface area contributed by atoms with E-state index in [0.29, 0.717) is 0 Å². The first-order chi connectivity index (χ1) is 8.81. The van der Waals surface area contributed by atoms with Crippen LogP contribution in [-0.4, -0.2) is 38.2 Å². The van der Waals surface area contributed by atoms with E-state index in [1.54, 1.807) is 11.8 Å². The summed E-state index contributed by atoms with van der Waals surface area (Å²) in [4.78, 5) is 3.77. The van der Waals surface area contributed by atoms with Gasteiger partial charge in [-0.2, -0.15) is 0 Å². The number of thioether (sulfide) groups is 1. The lowest BCUT2D eigenvalue weighted by Gasteiger charge is -2.33. The maximum absolute atomic E-state index is 5.47. The Hall–Kier alpha value is -0.710. The highest BCUT2D eigenvalue weighted by Crippen LogP contribution is 2.29. The summed E-state index contributed by atoms with van der Waals surface area (Å²) in [5.74, 6) is 0. The van der Waals surface area contributed by atoms with Crippen LogP contribution in [0.4, 0.5) is 5.69 Å². The zero-order chi connectivity index (χ0) is 12.4. The quantitative estimate of drug-likeness (QED) is 0.829. The second-order valence-corrected chi connectivity index (χ2v) is 6.00. The molecule has 1 spiro atoms. The lowest BCUT2D eigenvalue weighted by molar-refractivity contribution is 0.0505. The first-order valence-corrected chi connectivity index (χ1v) is 7.76. The molecule has 0 aliphatic carbocycles. The van der Waals surface area contributed by atoms with Crippen molar-refractivity contribution in [2.24, 2.45) is 0 Å². The minimum atomic E-state index is 0.288. The maximum atomic E-state index is 5.47. The molecule has 0 aromatic heterocycles. The molecule has 18 heavy (non-hydrogen) atoms. The van der Waals surface area contributed by atoms with Crippen molar-refractivity contribution in [1.29, 1.82) is 0 Å². The minimum absolute atomic E-state index is 0.288.